The SMILES string of the molecule is C1=CC2C3=C(c4ccccc4N(c4ccc(-c5ccccc5-c5nc(-c6ccccc6)cc(-c6ccccc6)n5)cc4)c4ccccc43)N(c3cc(-c4ccccc4)ccn3)C2C=C1. The fraction of sp³-hybridized carbons (Fsp3) is 0.0339. The lowest BCUT2D eigenvalue weighted by Gasteiger charge is -2.33. The number of aromatic nitrogens is 3. The number of anilines is 4. The molecule has 2 aliphatic heterocycles. The van der Waals surface area contributed by atoms with Crippen LogP contribution in [0.1, 0.15) is 11.1 Å². The number of rotatable bonds is 7. The minimum absolute atomic E-state index is 0.0710. The molecule has 64 heavy (non-hydrogen) atoms. The molecule has 0 saturated heterocycles. The summed E-state index contributed by atoms with van der Waals surface area (Å²) in [7, 11) is 0. The average molecular weight is 820 g/mol. The third-order valence-electron chi connectivity index (χ3n) is 12.6. The van der Waals surface area contributed by atoms with E-state index in [4.69, 9.17) is 15.0 Å². The van der Waals surface area contributed by atoms with E-state index in [0.29, 0.717) is 5.82 Å². The molecule has 5 nitrogen and oxygen atoms in total. The van der Waals surface area contributed by atoms with Gasteiger partial charge in [0.2, 0.25) is 0 Å². The van der Waals surface area contributed by atoms with Crippen LogP contribution in [0.25, 0.3) is 67.4 Å². The third-order valence-corrected chi connectivity index (χ3v) is 12.6. The molecule has 0 amide bonds. The molecule has 0 spiro atoms. The molecule has 2 unspecified atom stereocenters. The third kappa shape index (κ3) is 6.45. The number of hydrogen-bond acceptors (Lipinski definition) is 5. The van der Waals surface area contributed by atoms with Gasteiger partial charge in [0.25, 0.3) is 0 Å². The molecule has 2 atom stereocenters. The summed E-state index contributed by atoms with van der Waals surface area (Å²) < 4.78 is 0. The highest BCUT2D eigenvalue weighted by atomic mass is 15.3. The van der Waals surface area contributed by atoms with E-state index in [1.165, 1.54) is 22.4 Å². The molecule has 12 rings (SSSR count). The van der Waals surface area contributed by atoms with Crippen LogP contribution in [-0.4, -0.2) is 21.0 Å². The lowest BCUT2D eigenvalue weighted by Crippen LogP contribution is -2.33. The second kappa shape index (κ2) is 15.8. The monoisotopic (exact) mass is 819 g/mol. The Morgan fingerprint density at radius 2 is 0.953 bits per heavy atom. The maximum Gasteiger partial charge on any atom is 0.161 e. The number of benzene rings is 7. The summed E-state index contributed by atoms with van der Waals surface area (Å²) in [4.78, 5) is 20.4. The van der Waals surface area contributed by atoms with Crippen LogP contribution >= 0.6 is 0 Å². The Morgan fingerprint density at radius 1 is 0.406 bits per heavy atom. The normalized spacial score (nSPS) is 15.9. The minimum atomic E-state index is 0.0710. The Balaban J connectivity index is 0.975. The van der Waals surface area contributed by atoms with Gasteiger partial charge >= 0.3 is 0 Å². The van der Waals surface area contributed by atoms with Crippen molar-refractivity contribution in [1.29, 1.82) is 0 Å². The molecule has 0 fully saturated rings. The van der Waals surface area contributed by atoms with Crippen LogP contribution in [0.3, 0.4) is 0 Å². The van der Waals surface area contributed by atoms with Gasteiger partial charge in [-0.05, 0) is 70.3 Å². The second-order valence-electron chi connectivity index (χ2n) is 16.3. The van der Waals surface area contributed by atoms with Crippen LogP contribution in [0.4, 0.5) is 22.9 Å². The van der Waals surface area contributed by atoms with Crippen molar-refractivity contribution < 1.29 is 0 Å². The summed E-state index contributed by atoms with van der Waals surface area (Å²) in [6.07, 6.45) is 11.0. The van der Waals surface area contributed by atoms with Gasteiger partial charge in [0, 0.05) is 45.6 Å². The zero-order valence-corrected chi connectivity index (χ0v) is 34.9. The molecule has 9 aromatic rings. The van der Waals surface area contributed by atoms with Crippen LogP contribution in [-0.2, 0) is 0 Å². The first-order valence-electron chi connectivity index (χ1n) is 21.9. The maximum absolute atomic E-state index is 5.20. The summed E-state index contributed by atoms with van der Waals surface area (Å²) >= 11 is 0. The molecule has 1 aliphatic carbocycles. The maximum atomic E-state index is 5.20. The number of pyridine rings is 1. The molecule has 0 radical (unpaired) electrons. The smallest absolute Gasteiger partial charge is 0.161 e. The van der Waals surface area contributed by atoms with E-state index < -0.39 is 0 Å². The van der Waals surface area contributed by atoms with E-state index in [1.807, 2.05) is 18.3 Å². The molecule has 0 bridgehead atoms. The predicted octanol–water partition coefficient (Wildman–Crippen LogP) is 14.5. The van der Waals surface area contributed by atoms with Gasteiger partial charge in [-0.1, -0.05) is 188 Å². The van der Waals surface area contributed by atoms with E-state index in [1.54, 1.807) is 0 Å². The molecular weight excluding hydrogens is 779 g/mol. The van der Waals surface area contributed by atoms with Crippen molar-refractivity contribution in [3.63, 3.8) is 0 Å². The van der Waals surface area contributed by atoms with Crippen LogP contribution in [0, 0.1) is 5.92 Å². The van der Waals surface area contributed by atoms with Crippen molar-refractivity contribution in [2.75, 3.05) is 9.80 Å². The van der Waals surface area contributed by atoms with Crippen LogP contribution in [0.2, 0.25) is 0 Å². The number of hydrogen-bond donors (Lipinski definition) is 0. The number of nitrogens with zero attached hydrogens (tertiary/aromatic N) is 5. The number of allylic oxidation sites excluding steroid dienone is 2. The van der Waals surface area contributed by atoms with Gasteiger partial charge in [-0.2, -0.15) is 0 Å². The summed E-state index contributed by atoms with van der Waals surface area (Å²) in [5.41, 5.74) is 17.5. The molecule has 3 aliphatic rings. The Morgan fingerprint density at radius 3 is 1.62 bits per heavy atom. The van der Waals surface area contributed by atoms with Gasteiger partial charge in [-0.25, -0.2) is 15.0 Å². The standard InChI is InChI=1S/C59H41N5/c1-4-18-40(19-5-1)44-36-37-60-56(38-44)64-54-30-16-13-27-49(54)57-48-26-12-15-29-53(48)63(55-31-17-14-28-50(55)58(57)64)45-34-32-41(33-35-45)46-24-10-11-25-47(46)59-61-51(42-20-6-2-7-21-42)39-52(62-59)43-22-8-3-9-23-43/h1-39,49,54H. The topological polar surface area (TPSA) is 45.2 Å². The first-order valence-corrected chi connectivity index (χ1v) is 21.9. The largest absolute Gasteiger partial charge is 0.318 e. The van der Waals surface area contributed by atoms with Gasteiger partial charge in [-0.15, -0.1) is 0 Å². The lowest BCUT2D eigenvalue weighted by atomic mass is 9.85. The molecule has 0 N–H and O–H groups in total. The van der Waals surface area contributed by atoms with Crippen LogP contribution < -0.4 is 9.80 Å². The summed E-state index contributed by atoms with van der Waals surface area (Å²) in [5.74, 6) is 1.74. The van der Waals surface area contributed by atoms with E-state index in [9.17, 15) is 0 Å². The van der Waals surface area contributed by atoms with Crippen molar-refractivity contribution in [2.24, 2.45) is 5.92 Å². The zero-order chi connectivity index (χ0) is 42.4. The Labute approximate surface area is 373 Å². The van der Waals surface area contributed by atoms with Gasteiger partial charge in [-0.3, -0.25) is 0 Å². The minimum Gasteiger partial charge on any atom is -0.318 e. The van der Waals surface area contributed by atoms with Gasteiger partial charge in [0.1, 0.15) is 5.82 Å². The lowest BCUT2D eigenvalue weighted by molar-refractivity contribution is 0.709. The van der Waals surface area contributed by atoms with E-state index in [-0.39, 0.29) is 12.0 Å². The van der Waals surface area contributed by atoms with Crippen LogP contribution in [0.5, 0.6) is 0 Å². The highest BCUT2D eigenvalue weighted by Crippen LogP contribution is 2.56. The van der Waals surface area contributed by atoms with Gasteiger partial charge in [0.15, 0.2) is 5.82 Å². The fourth-order valence-electron chi connectivity index (χ4n) is 9.73. The molecule has 2 aromatic heterocycles. The van der Waals surface area contributed by atoms with Gasteiger partial charge in [0.05, 0.1) is 34.5 Å². The van der Waals surface area contributed by atoms with Crippen molar-refractivity contribution in [2.45, 2.75) is 6.04 Å². The molecule has 0 saturated carbocycles. The number of para-hydroxylation sites is 2. The average Bonchev–Trinajstić information content (AvgIpc) is 3.66. The van der Waals surface area contributed by atoms with Gasteiger partial charge < -0.3 is 9.80 Å². The highest BCUT2D eigenvalue weighted by Gasteiger charge is 2.44. The quantitative estimate of drug-likeness (QED) is 0.160. The first-order chi connectivity index (χ1) is 31.8. The van der Waals surface area contributed by atoms with Crippen LogP contribution in [0.15, 0.2) is 237 Å². The predicted molar refractivity (Wildman–Crippen MR) is 263 cm³/mol. The van der Waals surface area contributed by atoms with E-state index >= 15 is 0 Å². The Bertz CT molecular complexity index is 3220. The highest BCUT2D eigenvalue weighted by molar-refractivity contribution is 6.10. The molecular formula is C59H41N5. The Kier molecular flexibility index (Phi) is 9.23. The van der Waals surface area contributed by atoms with Crippen molar-refractivity contribution in [3.05, 3.63) is 248 Å². The fourth-order valence-corrected chi connectivity index (χ4v) is 9.73. The summed E-state index contributed by atoms with van der Waals surface area (Å²) in [6, 6.07) is 73.0. The van der Waals surface area contributed by atoms with Crippen molar-refractivity contribution >= 4 is 34.2 Å². The number of fused-ring (bicyclic) bond motifs is 6. The molecule has 5 heteroatoms. The zero-order valence-electron chi connectivity index (χ0n) is 34.9. The van der Waals surface area contributed by atoms with E-state index in [0.717, 1.165) is 73.2 Å². The van der Waals surface area contributed by atoms with Crippen molar-refractivity contribution in [3.8, 4) is 56.2 Å². The Hall–Kier alpha value is -8.41. The van der Waals surface area contributed by atoms with Crippen molar-refractivity contribution in [1.82, 2.24) is 15.0 Å². The second-order valence-corrected chi connectivity index (χ2v) is 16.3. The summed E-state index contributed by atoms with van der Waals surface area (Å²) in [5, 5.41) is 0. The molecule has 7 aromatic carbocycles. The first kappa shape index (κ1) is 37.4. The molecule has 4 heterocycles. The summed E-state index contributed by atoms with van der Waals surface area (Å²) in [6.45, 7) is 0. The molecule has 302 valence electrons. The van der Waals surface area contributed by atoms with E-state index in [2.05, 4.69) is 228 Å².